The highest BCUT2D eigenvalue weighted by Gasteiger charge is 2.35. The number of ether oxygens (including phenoxy) is 2. The van der Waals surface area contributed by atoms with Gasteiger partial charge in [-0.2, -0.15) is 18.2 Å². The third-order valence-electron chi connectivity index (χ3n) is 5.94. The van der Waals surface area contributed by atoms with Crippen molar-refractivity contribution < 1.29 is 40.2 Å². The third-order valence-corrected chi connectivity index (χ3v) is 7.13. The molecule has 11 nitrogen and oxygen atoms in total. The van der Waals surface area contributed by atoms with E-state index in [-0.39, 0.29) is 35.2 Å². The van der Waals surface area contributed by atoms with E-state index in [1.807, 2.05) is 0 Å². The van der Waals surface area contributed by atoms with E-state index in [1.54, 1.807) is 20.8 Å². The Morgan fingerprint density at radius 3 is 2.30 bits per heavy atom. The Morgan fingerprint density at radius 1 is 1.07 bits per heavy atom. The number of hydrogen-bond donors (Lipinski definition) is 3. The lowest BCUT2D eigenvalue weighted by Crippen LogP contribution is -2.40. The highest BCUT2D eigenvalue weighted by Crippen LogP contribution is 2.36. The van der Waals surface area contributed by atoms with E-state index < -0.39 is 44.8 Å². The first-order valence-electron chi connectivity index (χ1n) is 12.6. The van der Waals surface area contributed by atoms with E-state index in [1.165, 1.54) is 39.5 Å². The van der Waals surface area contributed by atoms with Crippen molar-refractivity contribution in [2.24, 2.45) is 0 Å². The topological polar surface area (TPSA) is 135 Å². The molecular weight excluding hydrogens is 596 g/mol. The van der Waals surface area contributed by atoms with Gasteiger partial charge in [0.1, 0.15) is 28.7 Å². The third kappa shape index (κ3) is 8.37. The number of anilines is 4. The summed E-state index contributed by atoms with van der Waals surface area (Å²) in [5, 5.41) is 7.87. The molecule has 0 atom stereocenters. The summed E-state index contributed by atoms with van der Waals surface area (Å²) in [4.78, 5) is 20.2. The fourth-order valence-corrected chi connectivity index (χ4v) is 4.30. The molecule has 0 spiro atoms. The van der Waals surface area contributed by atoms with Crippen LogP contribution in [-0.4, -0.2) is 57.4 Å². The maximum atomic E-state index is 14.9. The van der Waals surface area contributed by atoms with Crippen LogP contribution in [0.15, 0.2) is 36.5 Å². The largest absolute Gasteiger partial charge is 0.497 e. The van der Waals surface area contributed by atoms with Gasteiger partial charge in [0.2, 0.25) is 16.0 Å². The summed E-state index contributed by atoms with van der Waals surface area (Å²) in [6, 6.07) is 6.55. The minimum Gasteiger partial charge on any atom is -0.497 e. The second-order valence-electron chi connectivity index (χ2n) is 10.4. The molecule has 2 aromatic carbocycles. The molecule has 1 amide bonds. The molecule has 1 aromatic heterocycles. The number of methoxy groups -OCH3 is 2. The first-order valence-corrected chi connectivity index (χ1v) is 14.4. The Labute approximate surface area is 246 Å². The van der Waals surface area contributed by atoms with Crippen molar-refractivity contribution in [2.45, 2.75) is 39.0 Å². The first kappa shape index (κ1) is 33.2. The SMILES string of the molecule is COc1ccc(CNc2nc(Nc3cc(F)c(C(=O)NC(C)(C)C)cc3OC)ncc2C(F)(F)F)c(N(C)S(C)(=O)=O)c1. The molecule has 0 aliphatic heterocycles. The molecule has 234 valence electrons. The van der Waals surface area contributed by atoms with Gasteiger partial charge in [-0.1, -0.05) is 6.07 Å². The van der Waals surface area contributed by atoms with E-state index in [0.717, 1.165) is 22.7 Å². The summed E-state index contributed by atoms with van der Waals surface area (Å²) in [5.41, 5.74) is -1.70. The summed E-state index contributed by atoms with van der Waals surface area (Å²) in [7, 11) is 0.232. The van der Waals surface area contributed by atoms with Gasteiger partial charge in [-0.15, -0.1) is 0 Å². The van der Waals surface area contributed by atoms with Crippen LogP contribution in [0, 0.1) is 5.82 Å². The van der Waals surface area contributed by atoms with Crippen LogP contribution in [-0.2, 0) is 22.7 Å². The number of carbonyl (C=O) groups excluding carboxylic acids is 1. The number of rotatable bonds is 10. The summed E-state index contributed by atoms with van der Waals surface area (Å²) >= 11 is 0. The molecule has 0 aliphatic rings. The molecule has 0 saturated carbocycles. The second-order valence-corrected chi connectivity index (χ2v) is 12.4. The number of aromatic nitrogens is 2. The highest BCUT2D eigenvalue weighted by molar-refractivity contribution is 7.92. The van der Waals surface area contributed by atoms with Gasteiger partial charge in [0.15, 0.2) is 0 Å². The molecule has 3 N–H and O–H groups in total. The lowest BCUT2D eigenvalue weighted by molar-refractivity contribution is -0.137. The van der Waals surface area contributed by atoms with Crippen molar-refractivity contribution in [3.05, 3.63) is 59.0 Å². The lowest BCUT2D eigenvalue weighted by Gasteiger charge is -2.22. The number of halogens is 4. The monoisotopic (exact) mass is 628 g/mol. The van der Waals surface area contributed by atoms with Gasteiger partial charge in [0.05, 0.1) is 37.4 Å². The molecule has 0 unspecified atom stereocenters. The smallest absolute Gasteiger partial charge is 0.421 e. The van der Waals surface area contributed by atoms with Crippen molar-refractivity contribution in [3.63, 3.8) is 0 Å². The fourth-order valence-electron chi connectivity index (χ4n) is 3.78. The van der Waals surface area contributed by atoms with Gasteiger partial charge in [0, 0.05) is 37.5 Å². The average Bonchev–Trinajstić information content (AvgIpc) is 2.89. The molecule has 43 heavy (non-hydrogen) atoms. The number of nitrogens with zero attached hydrogens (tertiary/aromatic N) is 3. The van der Waals surface area contributed by atoms with Gasteiger partial charge in [-0.25, -0.2) is 17.8 Å². The number of benzene rings is 2. The Morgan fingerprint density at radius 2 is 1.74 bits per heavy atom. The quantitative estimate of drug-likeness (QED) is 0.267. The van der Waals surface area contributed by atoms with Crippen molar-refractivity contribution in [3.8, 4) is 11.5 Å². The lowest BCUT2D eigenvalue weighted by atomic mass is 10.1. The van der Waals surface area contributed by atoms with Crippen LogP contribution in [0.2, 0.25) is 0 Å². The molecule has 0 bridgehead atoms. The molecule has 1 heterocycles. The number of amides is 1. The van der Waals surface area contributed by atoms with Crippen molar-refractivity contribution in [1.82, 2.24) is 15.3 Å². The highest BCUT2D eigenvalue weighted by atomic mass is 32.2. The Balaban J connectivity index is 1.98. The Bertz CT molecular complexity index is 1610. The second kappa shape index (κ2) is 12.5. The molecule has 0 fully saturated rings. The summed E-state index contributed by atoms with van der Waals surface area (Å²) in [5.74, 6) is -2.24. The summed E-state index contributed by atoms with van der Waals surface area (Å²) in [6.45, 7) is 4.91. The van der Waals surface area contributed by atoms with Gasteiger partial charge < -0.3 is 25.4 Å². The van der Waals surface area contributed by atoms with E-state index in [4.69, 9.17) is 9.47 Å². The Kier molecular flexibility index (Phi) is 9.63. The summed E-state index contributed by atoms with van der Waals surface area (Å²) in [6.07, 6.45) is -3.32. The van der Waals surface area contributed by atoms with Crippen LogP contribution in [0.3, 0.4) is 0 Å². The van der Waals surface area contributed by atoms with Crippen LogP contribution in [0.5, 0.6) is 11.5 Å². The van der Waals surface area contributed by atoms with Gasteiger partial charge in [-0.05, 0) is 38.5 Å². The molecule has 0 radical (unpaired) electrons. The van der Waals surface area contributed by atoms with Crippen LogP contribution >= 0.6 is 0 Å². The molecular formula is C27H32F4N6O5S. The molecule has 0 saturated heterocycles. The number of hydrogen-bond acceptors (Lipinski definition) is 9. The molecule has 16 heteroatoms. The van der Waals surface area contributed by atoms with Gasteiger partial charge >= 0.3 is 6.18 Å². The zero-order chi connectivity index (χ0) is 32.3. The number of sulfonamides is 1. The number of alkyl halides is 3. The van der Waals surface area contributed by atoms with E-state index >= 15 is 0 Å². The van der Waals surface area contributed by atoms with Crippen LogP contribution < -0.4 is 29.7 Å². The maximum absolute atomic E-state index is 14.9. The molecule has 0 aliphatic carbocycles. The maximum Gasteiger partial charge on any atom is 0.421 e. The standard InChI is InChI=1S/C27H32F4N6O5S/c1-26(2,3)36-24(38)17-11-22(42-6)20(12-19(17)28)34-25-33-14-18(27(29,30)31)23(35-25)32-13-15-8-9-16(41-5)10-21(15)37(4)43(7,39)40/h8-12,14H,13H2,1-7H3,(H,36,38)(H2,32,33,34,35). The molecule has 3 rings (SSSR count). The van der Waals surface area contributed by atoms with E-state index in [2.05, 4.69) is 25.9 Å². The van der Waals surface area contributed by atoms with Crippen LogP contribution in [0.4, 0.5) is 40.7 Å². The average molecular weight is 629 g/mol. The van der Waals surface area contributed by atoms with E-state index in [9.17, 15) is 30.8 Å². The van der Waals surface area contributed by atoms with Crippen LogP contribution in [0.25, 0.3) is 0 Å². The number of carbonyl (C=O) groups is 1. The molecule has 3 aromatic rings. The Hall–Kier alpha value is -4.34. The van der Waals surface area contributed by atoms with Gasteiger partial charge in [-0.3, -0.25) is 9.10 Å². The normalized spacial score (nSPS) is 12.0. The van der Waals surface area contributed by atoms with E-state index in [0.29, 0.717) is 17.5 Å². The summed E-state index contributed by atoms with van der Waals surface area (Å²) < 4.78 is 92.3. The minimum atomic E-state index is -4.85. The van der Waals surface area contributed by atoms with Crippen molar-refractivity contribution in [2.75, 3.05) is 42.5 Å². The predicted molar refractivity (Wildman–Crippen MR) is 154 cm³/mol. The fraction of sp³-hybridized carbons (Fsp3) is 0.370. The number of nitrogens with one attached hydrogen (secondary N) is 3. The van der Waals surface area contributed by atoms with Crippen molar-refractivity contribution in [1.29, 1.82) is 0 Å². The zero-order valence-electron chi connectivity index (χ0n) is 24.5. The zero-order valence-corrected chi connectivity index (χ0v) is 25.3. The minimum absolute atomic E-state index is 0.00477. The first-order chi connectivity index (χ1) is 19.8. The van der Waals surface area contributed by atoms with Crippen molar-refractivity contribution >= 4 is 39.1 Å². The predicted octanol–water partition coefficient (Wildman–Crippen LogP) is 4.93. The van der Waals surface area contributed by atoms with Gasteiger partial charge in [0.25, 0.3) is 5.91 Å². The van der Waals surface area contributed by atoms with Crippen LogP contribution in [0.1, 0.15) is 42.3 Å².